The van der Waals surface area contributed by atoms with Crippen LogP contribution in [0.15, 0.2) is 54.6 Å². The largest absolute Gasteiger partial charge is 0.444 e. The molecule has 0 fully saturated rings. The van der Waals surface area contributed by atoms with Gasteiger partial charge < -0.3 is 15.0 Å². The fourth-order valence-electron chi connectivity index (χ4n) is 3.47. The van der Waals surface area contributed by atoms with Crippen molar-refractivity contribution in [3.63, 3.8) is 0 Å². The van der Waals surface area contributed by atoms with E-state index < -0.39 is 17.7 Å². The van der Waals surface area contributed by atoms with Gasteiger partial charge in [-0.2, -0.15) is 0 Å². The maximum atomic E-state index is 13.2. The number of ether oxygens (including phenoxy) is 1. The Morgan fingerprint density at radius 1 is 1.07 bits per heavy atom. The van der Waals surface area contributed by atoms with Gasteiger partial charge in [0.25, 0.3) is 0 Å². The van der Waals surface area contributed by atoms with Crippen molar-refractivity contribution in [3.8, 4) is 0 Å². The molecule has 1 aliphatic heterocycles. The van der Waals surface area contributed by atoms with Crippen molar-refractivity contribution >= 4 is 17.7 Å². The van der Waals surface area contributed by atoms with E-state index in [-0.39, 0.29) is 11.8 Å². The first-order chi connectivity index (χ1) is 12.8. The van der Waals surface area contributed by atoms with E-state index in [9.17, 15) is 9.59 Å². The smallest absolute Gasteiger partial charge is 0.408 e. The third-order valence-corrected chi connectivity index (χ3v) is 4.69. The van der Waals surface area contributed by atoms with Gasteiger partial charge in [0.05, 0.1) is 0 Å². The highest BCUT2D eigenvalue weighted by atomic mass is 16.6. The number of anilines is 1. The molecule has 3 rings (SSSR count). The number of amides is 2. The van der Waals surface area contributed by atoms with Crippen molar-refractivity contribution < 1.29 is 14.3 Å². The van der Waals surface area contributed by atoms with E-state index in [0.29, 0.717) is 6.42 Å². The normalized spacial score (nSPS) is 19.9. The molecule has 0 aromatic heterocycles. The van der Waals surface area contributed by atoms with E-state index in [2.05, 4.69) is 5.32 Å². The van der Waals surface area contributed by atoms with Crippen LogP contribution in [-0.4, -0.2) is 30.7 Å². The maximum Gasteiger partial charge on any atom is 0.408 e. The lowest BCUT2D eigenvalue weighted by molar-refractivity contribution is -0.120. The number of rotatable bonds is 2. The Bertz CT molecular complexity index is 827. The van der Waals surface area contributed by atoms with Gasteiger partial charge in [-0.25, -0.2) is 4.79 Å². The Balaban J connectivity index is 1.99. The standard InChI is InChI=1S/C22H26N2O3/c1-22(2,3)27-21(26)23-19-17(15-10-6-5-7-11-15)14-16-12-8-9-13-18(16)24(4)20(19)25/h5-13,17,19H,14H2,1-4H3,(H,23,26). The van der Waals surface area contributed by atoms with Gasteiger partial charge in [0.1, 0.15) is 11.6 Å². The van der Waals surface area contributed by atoms with Crippen LogP contribution in [0.5, 0.6) is 0 Å². The van der Waals surface area contributed by atoms with Gasteiger partial charge >= 0.3 is 6.09 Å². The number of carbonyl (C=O) groups excluding carboxylic acids is 2. The summed E-state index contributed by atoms with van der Waals surface area (Å²) in [6.45, 7) is 5.41. The molecule has 2 aromatic rings. The van der Waals surface area contributed by atoms with Crippen LogP contribution in [0.3, 0.4) is 0 Å². The van der Waals surface area contributed by atoms with Crippen molar-refractivity contribution in [1.82, 2.24) is 5.32 Å². The van der Waals surface area contributed by atoms with Crippen molar-refractivity contribution in [1.29, 1.82) is 0 Å². The summed E-state index contributed by atoms with van der Waals surface area (Å²) < 4.78 is 5.41. The monoisotopic (exact) mass is 366 g/mol. The van der Waals surface area contributed by atoms with E-state index in [1.165, 1.54) is 0 Å². The molecule has 5 nitrogen and oxygen atoms in total. The maximum absolute atomic E-state index is 13.2. The molecule has 2 unspecified atom stereocenters. The molecule has 1 aliphatic rings. The van der Waals surface area contributed by atoms with Crippen LogP contribution in [0.1, 0.15) is 37.8 Å². The predicted molar refractivity (Wildman–Crippen MR) is 106 cm³/mol. The fraction of sp³-hybridized carbons (Fsp3) is 0.364. The van der Waals surface area contributed by atoms with E-state index in [0.717, 1.165) is 16.8 Å². The number of hydrogen-bond donors (Lipinski definition) is 1. The van der Waals surface area contributed by atoms with E-state index >= 15 is 0 Å². The zero-order valence-electron chi connectivity index (χ0n) is 16.2. The first kappa shape index (κ1) is 19.0. The first-order valence-corrected chi connectivity index (χ1v) is 9.16. The van der Waals surface area contributed by atoms with E-state index in [4.69, 9.17) is 4.74 Å². The summed E-state index contributed by atoms with van der Waals surface area (Å²) in [7, 11) is 1.75. The number of fused-ring (bicyclic) bond motifs is 1. The quantitative estimate of drug-likeness (QED) is 0.877. The molecule has 1 heterocycles. The summed E-state index contributed by atoms with van der Waals surface area (Å²) in [5.74, 6) is -0.336. The molecule has 2 aromatic carbocycles. The lowest BCUT2D eigenvalue weighted by atomic mass is 9.86. The Morgan fingerprint density at radius 2 is 1.70 bits per heavy atom. The minimum Gasteiger partial charge on any atom is -0.444 e. The number of benzene rings is 2. The summed E-state index contributed by atoms with van der Waals surface area (Å²) in [5, 5.41) is 2.83. The van der Waals surface area contributed by atoms with Crippen LogP contribution in [-0.2, 0) is 16.0 Å². The molecule has 27 heavy (non-hydrogen) atoms. The predicted octanol–water partition coefficient (Wildman–Crippen LogP) is 3.88. The SMILES string of the molecule is CN1C(=O)C(NC(=O)OC(C)(C)C)C(c2ccccc2)Cc2ccccc21. The van der Waals surface area contributed by atoms with Gasteiger partial charge in [0.15, 0.2) is 0 Å². The number of alkyl carbamates (subject to hydrolysis) is 1. The van der Waals surface area contributed by atoms with Crippen LogP contribution in [0.25, 0.3) is 0 Å². The van der Waals surface area contributed by atoms with Gasteiger partial charge in [-0.3, -0.25) is 4.79 Å². The third-order valence-electron chi connectivity index (χ3n) is 4.69. The molecule has 2 amide bonds. The second-order valence-corrected chi connectivity index (χ2v) is 7.87. The molecule has 0 saturated carbocycles. The lowest BCUT2D eigenvalue weighted by Gasteiger charge is -2.28. The summed E-state index contributed by atoms with van der Waals surface area (Å²) in [5.41, 5.74) is 2.33. The topological polar surface area (TPSA) is 58.6 Å². The molecule has 1 N–H and O–H groups in total. The molecular formula is C22H26N2O3. The number of carbonyl (C=O) groups is 2. The van der Waals surface area contributed by atoms with Crippen molar-refractivity contribution in [2.24, 2.45) is 0 Å². The molecule has 0 saturated heterocycles. The molecule has 0 bridgehead atoms. The second-order valence-electron chi connectivity index (χ2n) is 7.87. The van der Waals surface area contributed by atoms with E-state index in [1.807, 2.05) is 54.6 Å². The van der Waals surface area contributed by atoms with Crippen LogP contribution in [0.4, 0.5) is 10.5 Å². The average molecular weight is 366 g/mol. The number of hydrogen-bond acceptors (Lipinski definition) is 3. The van der Waals surface area contributed by atoms with Crippen LogP contribution in [0.2, 0.25) is 0 Å². The van der Waals surface area contributed by atoms with Gasteiger partial charge in [0.2, 0.25) is 5.91 Å². The summed E-state index contributed by atoms with van der Waals surface area (Å²) >= 11 is 0. The molecule has 2 atom stereocenters. The number of nitrogens with zero attached hydrogens (tertiary/aromatic N) is 1. The fourth-order valence-corrected chi connectivity index (χ4v) is 3.47. The highest BCUT2D eigenvalue weighted by Crippen LogP contribution is 2.34. The Hall–Kier alpha value is -2.82. The molecule has 142 valence electrons. The van der Waals surface area contributed by atoms with Crippen LogP contribution in [0, 0.1) is 0 Å². The zero-order valence-corrected chi connectivity index (χ0v) is 16.2. The molecule has 0 radical (unpaired) electrons. The first-order valence-electron chi connectivity index (χ1n) is 9.16. The highest BCUT2D eigenvalue weighted by Gasteiger charge is 2.38. The Morgan fingerprint density at radius 3 is 2.37 bits per heavy atom. The average Bonchev–Trinajstić information content (AvgIpc) is 2.72. The summed E-state index contributed by atoms with van der Waals surface area (Å²) in [6.07, 6.45) is 0.0673. The molecule has 0 spiro atoms. The van der Waals surface area contributed by atoms with Gasteiger partial charge in [-0.05, 0) is 44.4 Å². The zero-order chi connectivity index (χ0) is 19.6. The van der Waals surface area contributed by atoms with Gasteiger partial charge in [0, 0.05) is 18.7 Å². The minimum absolute atomic E-state index is 0.153. The van der Waals surface area contributed by atoms with Gasteiger partial charge in [-0.15, -0.1) is 0 Å². The van der Waals surface area contributed by atoms with E-state index in [1.54, 1.807) is 32.7 Å². The highest BCUT2D eigenvalue weighted by molar-refractivity contribution is 6.00. The molecule has 0 aliphatic carbocycles. The second kappa shape index (κ2) is 7.43. The number of para-hydroxylation sites is 1. The van der Waals surface area contributed by atoms with Crippen molar-refractivity contribution in [2.75, 3.05) is 11.9 Å². The van der Waals surface area contributed by atoms with Crippen molar-refractivity contribution in [3.05, 3.63) is 65.7 Å². The summed E-state index contributed by atoms with van der Waals surface area (Å²) in [6, 6.07) is 17.0. The molecular weight excluding hydrogens is 340 g/mol. The van der Waals surface area contributed by atoms with Crippen LogP contribution < -0.4 is 10.2 Å². The minimum atomic E-state index is -0.709. The number of likely N-dealkylation sites (N-methyl/N-ethyl adjacent to an activating group) is 1. The van der Waals surface area contributed by atoms with Gasteiger partial charge in [-0.1, -0.05) is 48.5 Å². The Kier molecular flexibility index (Phi) is 5.22. The Labute approximate surface area is 160 Å². The van der Waals surface area contributed by atoms with Crippen molar-refractivity contribution in [2.45, 2.75) is 44.8 Å². The summed E-state index contributed by atoms with van der Waals surface area (Å²) in [4.78, 5) is 27.3. The third kappa shape index (κ3) is 4.30. The van der Waals surface area contributed by atoms with Crippen LogP contribution >= 0.6 is 0 Å². The number of nitrogens with one attached hydrogen (secondary N) is 1. The lowest BCUT2D eigenvalue weighted by Crippen LogP contribution is -2.51. The molecule has 5 heteroatoms.